The maximum atomic E-state index is 7.74. The molecule has 0 atom stereocenters. The minimum Gasteiger partial charge on any atom is -0.436 e. The average Bonchev–Trinajstić information content (AvgIpc) is 3.20. The maximum absolute atomic E-state index is 7.74. The summed E-state index contributed by atoms with van der Waals surface area (Å²) in [6, 6.07) is 17.9. The highest BCUT2D eigenvalue weighted by molar-refractivity contribution is 6.94. The van der Waals surface area contributed by atoms with Crippen LogP contribution >= 0.6 is 0 Å². The van der Waals surface area contributed by atoms with Crippen molar-refractivity contribution in [3.63, 3.8) is 0 Å². The van der Waals surface area contributed by atoms with E-state index in [1.54, 1.807) is 0 Å². The highest BCUT2D eigenvalue weighted by Crippen LogP contribution is 2.42. The molecule has 308 valence electrons. The van der Waals surface area contributed by atoms with Crippen LogP contribution in [0.25, 0.3) is 0 Å². The summed E-state index contributed by atoms with van der Waals surface area (Å²) in [5.74, 6) is 0. The molecule has 0 amide bonds. The monoisotopic (exact) mass is 858 g/mol. The third kappa shape index (κ3) is 13.3. The minimum atomic E-state index is -2.76. The third-order valence-electron chi connectivity index (χ3n) is 13.0. The molecule has 0 bridgehead atoms. The molecule has 0 heterocycles. The van der Waals surface area contributed by atoms with Crippen molar-refractivity contribution >= 4 is 68.0 Å². The van der Waals surface area contributed by atoms with Crippen molar-refractivity contribution < 1.29 is 28.8 Å². The summed E-state index contributed by atoms with van der Waals surface area (Å²) in [6.07, 6.45) is 0. The van der Waals surface area contributed by atoms with Gasteiger partial charge in [0.05, 0.1) is 0 Å². The van der Waals surface area contributed by atoms with E-state index in [4.69, 9.17) is 28.8 Å². The van der Waals surface area contributed by atoms with E-state index >= 15 is 0 Å². The van der Waals surface area contributed by atoms with Crippen LogP contribution in [0.5, 0.6) is 0 Å². The third-order valence-corrected chi connectivity index (χ3v) is 55.0. The van der Waals surface area contributed by atoms with Crippen LogP contribution < -0.4 is 0 Å². The first-order valence-corrected chi connectivity index (χ1v) is 40.4. The summed E-state index contributed by atoms with van der Waals surface area (Å²) in [5, 5.41) is 0. The Morgan fingerprint density at radius 2 is 0.294 bits per heavy atom. The fraction of sp³-hybridized carbons (Fsp3) is 1.00. The Kier molecular flexibility index (Phi) is 24.3. The van der Waals surface area contributed by atoms with E-state index in [0.29, 0.717) is 0 Å². The molecule has 0 saturated carbocycles. The molecule has 0 rings (SSSR count). The first-order valence-electron chi connectivity index (χ1n) is 21.9. The van der Waals surface area contributed by atoms with Gasteiger partial charge in [0.1, 0.15) is 0 Å². The molecule has 7 nitrogen and oxygen atoms in total. The van der Waals surface area contributed by atoms with E-state index in [1.165, 1.54) is 0 Å². The van der Waals surface area contributed by atoms with Gasteiger partial charge in [0.2, 0.25) is 0 Å². The summed E-state index contributed by atoms with van der Waals surface area (Å²) in [4.78, 5) is 0. The predicted molar refractivity (Wildman–Crippen MR) is 242 cm³/mol. The molecule has 0 spiro atoms. The second-order valence-electron chi connectivity index (χ2n) is 14.9. The molecule has 0 aliphatic heterocycles. The highest BCUT2D eigenvalue weighted by Gasteiger charge is 2.58. The van der Waals surface area contributed by atoms with Crippen molar-refractivity contribution in [1.29, 1.82) is 0 Å². The van der Waals surface area contributed by atoms with Gasteiger partial charge in [-0.3, -0.25) is 0 Å². The molecule has 0 fully saturated rings. The number of rotatable bonds is 32. The lowest BCUT2D eigenvalue weighted by Gasteiger charge is -2.51. The van der Waals surface area contributed by atoms with Crippen LogP contribution in [0.2, 0.25) is 109 Å². The van der Waals surface area contributed by atoms with Crippen LogP contribution in [0.15, 0.2) is 0 Å². The summed E-state index contributed by atoms with van der Waals surface area (Å²) < 4.78 is 53.3. The lowest BCUT2D eigenvalue weighted by molar-refractivity contribution is 0.237. The summed E-state index contributed by atoms with van der Waals surface area (Å²) in [6.45, 7) is 41.5. The molecule has 15 heteroatoms. The van der Waals surface area contributed by atoms with Gasteiger partial charge in [-0.15, -0.1) is 0 Å². The Balaban J connectivity index is 7.10. The molecule has 0 aliphatic carbocycles. The van der Waals surface area contributed by atoms with Gasteiger partial charge in [0.15, 0.2) is 16.6 Å². The maximum Gasteiger partial charge on any atom is 0.320 e. The Morgan fingerprint density at radius 3 is 0.392 bits per heavy atom. The Morgan fingerprint density at radius 1 is 0.176 bits per heavy atom. The van der Waals surface area contributed by atoms with Crippen LogP contribution in [0, 0.1) is 0 Å². The quantitative estimate of drug-likeness (QED) is 0.0624. The van der Waals surface area contributed by atoms with Crippen molar-refractivity contribution in [2.75, 3.05) is 0 Å². The van der Waals surface area contributed by atoms with Gasteiger partial charge >= 0.3 is 51.4 Å². The van der Waals surface area contributed by atoms with Gasteiger partial charge in [0.25, 0.3) is 0 Å². The average molecular weight is 860 g/mol. The first kappa shape index (κ1) is 52.5. The van der Waals surface area contributed by atoms with Gasteiger partial charge in [-0.25, -0.2) is 0 Å². The van der Waals surface area contributed by atoms with Crippen molar-refractivity contribution in [2.45, 2.75) is 233 Å². The van der Waals surface area contributed by atoms with Crippen molar-refractivity contribution in [3.05, 3.63) is 0 Å². The van der Waals surface area contributed by atoms with E-state index in [0.717, 1.165) is 109 Å². The normalized spacial score (nSPS) is 14.5. The molecule has 0 radical (unpaired) electrons. The highest BCUT2D eigenvalue weighted by atomic mass is 28.5. The van der Waals surface area contributed by atoms with E-state index in [1.807, 2.05) is 0 Å². The molecular weight excluding hydrogens is 769 g/mol. The number of hydrogen-bond acceptors (Lipinski definition) is 7. The van der Waals surface area contributed by atoms with Crippen LogP contribution in [-0.2, 0) is 28.8 Å². The van der Waals surface area contributed by atoms with Gasteiger partial charge in [-0.05, 0) is 109 Å². The summed E-state index contributed by atoms with van der Waals surface area (Å²) >= 11 is 0. The molecule has 0 unspecified atom stereocenters. The zero-order valence-corrected chi connectivity index (χ0v) is 45.6. The largest absolute Gasteiger partial charge is 0.436 e. The van der Waals surface area contributed by atoms with Crippen molar-refractivity contribution in [2.24, 2.45) is 0 Å². The van der Waals surface area contributed by atoms with Crippen LogP contribution in [0.1, 0.15) is 125 Å². The molecular formula is C36H90O7Si8. The Labute approximate surface area is 328 Å². The molecule has 0 saturated heterocycles. The van der Waals surface area contributed by atoms with Crippen molar-refractivity contribution in [1.82, 2.24) is 0 Å². The smallest absolute Gasteiger partial charge is 0.320 e. The van der Waals surface area contributed by atoms with E-state index in [2.05, 4.69) is 125 Å². The zero-order valence-electron chi connectivity index (χ0n) is 37.6. The van der Waals surface area contributed by atoms with Gasteiger partial charge in [-0.1, -0.05) is 125 Å². The second kappa shape index (κ2) is 23.6. The van der Waals surface area contributed by atoms with E-state index in [9.17, 15) is 0 Å². The Hall–Kier alpha value is 1.46. The fourth-order valence-corrected chi connectivity index (χ4v) is 54.2. The van der Waals surface area contributed by atoms with Gasteiger partial charge < -0.3 is 28.8 Å². The summed E-state index contributed by atoms with van der Waals surface area (Å²) in [7, 11) is -19.7. The minimum absolute atomic E-state index is 0.891. The molecule has 0 aromatic heterocycles. The van der Waals surface area contributed by atoms with Gasteiger partial charge in [0, 0.05) is 0 Å². The predicted octanol–water partition coefficient (Wildman–Crippen LogP) is 14.0. The Bertz CT molecular complexity index is 827. The lowest BCUT2D eigenvalue weighted by Crippen LogP contribution is -2.66. The second-order valence-corrected chi connectivity index (χ2v) is 49.0. The summed E-state index contributed by atoms with van der Waals surface area (Å²) in [5.41, 5.74) is 0. The van der Waals surface area contributed by atoms with E-state index < -0.39 is 68.0 Å². The zero-order chi connectivity index (χ0) is 39.7. The van der Waals surface area contributed by atoms with Gasteiger partial charge in [-0.2, -0.15) is 0 Å². The SMILES string of the molecule is CC[Si](CC)(CC)O[Si](CC)(CC)O[Si](CC)(CC)O[Si](CC)(CC)O[Si](CC)(CC)O[Si](CC)(CC)O[Si](CC)(CC)O[Si](CC)(CC)CC. The van der Waals surface area contributed by atoms with E-state index in [-0.39, 0.29) is 0 Å². The molecule has 0 aromatic rings. The topological polar surface area (TPSA) is 64.6 Å². The molecule has 51 heavy (non-hydrogen) atoms. The first-order chi connectivity index (χ1) is 24.0. The fourth-order valence-electron chi connectivity index (χ4n) is 7.77. The molecule has 0 aliphatic rings. The molecule has 0 N–H and O–H groups in total. The molecule has 0 aromatic carbocycles. The van der Waals surface area contributed by atoms with Crippen LogP contribution in [0.3, 0.4) is 0 Å². The number of hydrogen-bond donors (Lipinski definition) is 0. The van der Waals surface area contributed by atoms with Crippen LogP contribution in [-0.4, -0.2) is 68.0 Å². The lowest BCUT2D eigenvalue weighted by atomic mass is 10.9. The van der Waals surface area contributed by atoms with Crippen LogP contribution in [0.4, 0.5) is 0 Å². The standard InChI is InChI=1S/C36H90O7Si8/c1-19-44(20-2,21-3)37-46(25-7,26-8)39-48(29-11,30-12)41-50(33-15,34-16)43-51(35-17,36-18)42-49(31-13,32-14)40-47(27-9,28-10)38-45(22-4,23-5)24-6/h19-36H2,1-18H3. The van der Waals surface area contributed by atoms with Crippen molar-refractivity contribution in [3.8, 4) is 0 Å².